The number of ether oxygens (including phenoxy) is 1. The van der Waals surface area contributed by atoms with E-state index in [0.29, 0.717) is 6.10 Å². The van der Waals surface area contributed by atoms with Crippen molar-refractivity contribution >= 4 is 0 Å². The van der Waals surface area contributed by atoms with Crippen LogP contribution in [0.5, 0.6) is 0 Å². The van der Waals surface area contributed by atoms with Gasteiger partial charge in [-0.05, 0) is 31.1 Å². The van der Waals surface area contributed by atoms with Crippen LogP contribution in [0.1, 0.15) is 33.1 Å². The molecule has 0 heterocycles. The van der Waals surface area contributed by atoms with Crippen LogP contribution in [0.2, 0.25) is 0 Å². The van der Waals surface area contributed by atoms with Gasteiger partial charge in [0, 0.05) is 7.11 Å². The second-order valence-corrected chi connectivity index (χ2v) is 3.67. The summed E-state index contributed by atoms with van der Waals surface area (Å²) in [5, 5.41) is 0. The summed E-state index contributed by atoms with van der Waals surface area (Å²) in [7, 11) is 1.83. The van der Waals surface area contributed by atoms with E-state index < -0.39 is 0 Å². The Morgan fingerprint density at radius 1 is 1.30 bits per heavy atom. The molecule has 1 aliphatic carbocycles. The minimum atomic E-state index is 0.562. The third-order valence-electron chi connectivity index (χ3n) is 2.70. The average molecular weight is 142 g/mol. The predicted molar refractivity (Wildman–Crippen MR) is 43.0 cm³/mol. The Bertz CT molecular complexity index is 98.9. The van der Waals surface area contributed by atoms with Crippen LogP contribution < -0.4 is 0 Å². The number of hydrogen-bond acceptors (Lipinski definition) is 1. The maximum Gasteiger partial charge on any atom is 0.0574 e. The third-order valence-corrected chi connectivity index (χ3v) is 2.70. The van der Waals surface area contributed by atoms with Crippen LogP contribution in [-0.2, 0) is 4.74 Å². The van der Waals surface area contributed by atoms with Crippen LogP contribution in [0, 0.1) is 11.8 Å². The molecule has 1 unspecified atom stereocenters. The van der Waals surface area contributed by atoms with Gasteiger partial charge in [-0.1, -0.05) is 13.8 Å². The highest BCUT2D eigenvalue weighted by molar-refractivity contribution is 4.77. The second-order valence-electron chi connectivity index (χ2n) is 3.67. The molecule has 0 radical (unpaired) electrons. The van der Waals surface area contributed by atoms with Crippen molar-refractivity contribution in [2.75, 3.05) is 7.11 Å². The lowest BCUT2D eigenvalue weighted by Gasteiger charge is -2.13. The van der Waals surface area contributed by atoms with Gasteiger partial charge in [-0.3, -0.25) is 0 Å². The van der Waals surface area contributed by atoms with Crippen LogP contribution in [0.25, 0.3) is 0 Å². The van der Waals surface area contributed by atoms with E-state index in [4.69, 9.17) is 4.74 Å². The molecule has 0 aromatic carbocycles. The Hall–Kier alpha value is -0.0400. The van der Waals surface area contributed by atoms with Gasteiger partial charge in [0.25, 0.3) is 0 Å². The first kappa shape index (κ1) is 8.06. The van der Waals surface area contributed by atoms with Crippen LogP contribution in [-0.4, -0.2) is 13.2 Å². The molecule has 0 N–H and O–H groups in total. The summed E-state index contributed by atoms with van der Waals surface area (Å²) in [6, 6.07) is 0. The molecule has 1 saturated carbocycles. The van der Waals surface area contributed by atoms with Gasteiger partial charge in [-0.2, -0.15) is 0 Å². The highest BCUT2D eigenvalue weighted by Crippen LogP contribution is 2.32. The molecule has 0 bridgehead atoms. The van der Waals surface area contributed by atoms with E-state index in [0.717, 1.165) is 11.8 Å². The molecule has 1 heteroatoms. The lowest BCUT2D eigenvalue weighted by atomic mass is 9.95. The molecule has 0 spiro atoms. The predicted octanol–water partition coefficient (Wildman–Crippen LogP) is 2.46. The van der Waals surface area contributed by atoms with E-state index in [-0.39, 0.29) is 0 Å². The third kappa shape index (κ3) is 1.72. The zero-order valence-electron chi connectivity index (χ0n) is 7.26. The standard InChI is InChI=1S/C9H18O/c1-7(2)8-4-5-9(6-8)10-3/h7-9H,4-6H2,1-3H3/t8-,9?/m1/s1. The molecule has 1 rings (SSSR count). The Morgan fingerprint density at radius 3 is 2.30 bits per heavy atom. The molecule has 1 fully saturated rings. The zero-order chi connectivity index (χ0) is 7.56. The topological polar surface area (TPSA) is 9.23 Å². The summed E-state index contributed by atoms with van der Waals surface area (Å²) in [5.74, 6) is 1.77. The van der Waals surface area contributed by atoms with Crippen molar-refractivity contribution in [3.8, 4) is 0 Å². The number of hydrogen-bond donors (Lipinski definition) is 0. The number of rotatable bonds is 2. The summed E-state index contributed by atoms with van der Waals surface area (Å²) >= 11 is 0. The molecule has 0 saturated heterocycles. The number of methoxy groups -OCH3 is 1. The zero-order valence-corrected chi connectivity index (χ0v) is 7.26. The first-order valence-electron chi connectivity index (χ1n) is 4.26. The monoisotopic (exact) mass is 142 g/mol. The lowest BCUT2D eigenvalue weighted by molar-refractivity contribution is 0.103. The van der Waals surface area contributed by atoms with Crippen molar-refractivity contribution in [1.82, 2.24) is 0 Å². The molecule has 60 valence electrons. The first-order chi connectivity index (χ1) is 4.74. The van der Waals surface area contributed by atoms with Crippen molar-refractivity contribution in [2.45, 2.75) is 39.2 Å². The van der Waals surface area contributed by atoms with E-state index >= 15 is 0 Å². The lowest BCUT2D eigenvalue weighted by Crippen LogP contribution is -2.08. The summed E-state index contributed by atoms with van der Waals surface area (Å²) < 4.78 is 5.29. The van der Waals surface area contributed by atoms with E-state index in [1.54, 1.807) is 0 Å². The quantitative estimate of drug-likeness (QED) is 0.575. The van der Waals surface area contributed by atoms with E-state index in [2.05, 4.69) is 13.8 Å². The highest BCUT2D eigenvalue weighted by Gasteiger charge is 2.26. The van der Waals surface area contributed by atoms with E-state index in [9.17, 15) is 0 Å². The molecular weight excluding hydrogens is 124 g/mol. The fraction of sp³-hybridized carbons (Fsp3) is 1.00. The van der Waals surface area contributed by atoms with Crippen LogP contribution in [0.15, 0.2) is 0 Å². The summed E-state index contributed by atoms with van der Waals surface area (Å²) in [6.45, 7) is 4.62. The molecule has 1 aliphatic rings. The summed E-state index contributed by atoms with van der Waals surface area (Å²) in [6.07, 6.45) is 4.50. The maximum atomic E-state index is 5.29. The SMILES string of the molecule is COC1CC[C@@H](C(C)C)C1. The molecule has 10 heavy (non-hydrogen) atoms. The van der Waals surface area contributed by atoms with Gasteiger partial charge in [-0.25, -0.2) is 0 Å². The fourth-order valence-corrected chi connectivity index (χ4v) is 1.79. The highest BCUT2D eigenvalue weighted by atomic mass is 16.5. The van der Waals surface area contributed by atoms with Gasteiger partial charge in [-0.15, -0.1) is 0 Å². The summed E-state index contributed by atoms with van der Waals surface area (Å²) in [4.78, 5) is 0. The van der Waals surface area contributed by atoms with Crippen molar-refractivity contribution in [2.24, 2.45) is 11.8 Å². The van der Waals surface area contributed by atoms with Crippen molar-refractivity contribution in [1.29, 1.82) is 0 Å². The van der Waals surface area contributed by atoms with Gasteiger partial charge in [0.05, 0.1) is 6.10 Å². The molecular formula is C9H18O. The van der Waals surface area contributed by atoms with E-state index in [1.165, 1.54) is 19.3 Å². The smallest absolute Gasteiger partial charge is 0.0574 e. The largest absolute Gasteiger partial charge is 0.381 e. The first-order valence-corrected chi connectivity index (χ1v) is 4.26. The van der Waals surface area contributed by atoms with Crippen LogP contribution >= 0.6 is 0 Å². The Kier molecular flexibility index (Phi) is 2.72. The molecule has 0 aromatic rings. The Balaban J connectivity index is 2.28. The van der Waals surface area contributed by atoms with Crippen LogP contribution in [0.4, 0.5) is 0 Å². The van der Waals surface area contributed by atoms with Gasteiger partial charge >= 0.3 is 0 Å². The van der Waals surface area contributed by atoms with Gasteiger partial charge in [0.15, 0.2) is 0 Å². The maximum absolute atomic E-state index is 5.29. The molecule has 1 nitrogen and oxygen atoms in total. The van der Waals surface area contributed by atoms with Gasteiger partial charge in [0.2, 0.25) is 0 Å². The Labute approximate surface area is 63.8 Å². The van der Waals surface area contributed by atoms with Crippen molar-refractivity contribution < 1.29 is 4.74 Å². The molecule has 0 aromatic heterocycles. The normalized spacial score (nSPS) is 33.6. The Morgan fingerprint density at radius 2 is 2.00 bits per heavy atom. The van der Waals surface area contributed by atoms with Crippen molar-refractivity contribution in [3.63, 3.8) is 0 Å². The minimum absolute atomic E-state index is 0.562. The van der Waals surface area contributed by atoms with Gasteiger partial charge < -0.3 is 4.74 Å². The summed E-state index contributed by atoms with van der Waals surface area (Å²) in [5.41, 5.74) is 0. The fourth-order valence-electron chi connectivity index (χ4n) is 1.79. The molecule has 0 amide bonds. The second kappa shape index (κ2) is 3.38. The van der Waals surface area contributed by atoms with Gasteiger partial charge in [0.1, 0.15) is 0 Å². The minimum Gasteiger partial charge on any atom is -0.381 e. The average Bonchev–Trinajstić information content (AvgIpc) is 2.34. The van der Waals surface area contributed by atoms with Crippen molar-refractivity contribution in [3.05, 3.63) is 0 Å². The van der Waals surface area contributed by atoms with E-state index in [1.807, 2.05) is 7.11 Å². The molecule has 0 aliphatic heterocycles. The van der Waals surface area contributed by atoms with Crippen LogP contribution in [0.3, 0.4) is 0 Å². The molecule has 2 atom stereocenters.